The van der Waals surface area contributed by atoms with Crippen LogP contribution >= 0.6 is 11.8 Å². The lowest BCUT2D eigenvalue weighted by molar-refractivity contribution is -0.141. The van der Waals surface area contributed by atoms with Crippen molar-refractivity contribution in [3.63, 3.8) is 0 Å². The second kappa shape index (κ2) is 18.4. The molecule has 0 spiro atoms. The molecule has 288 valence electrons. The zero-order valence-corrected chi connectivity index (χ0v) is 33.7. The average Bonchev–Trinajstić information content (AvgIpc) is 3.56. The highest BCUT2D eigenvalue weighted by Gasteiger charge is 2.14. The van der Waals surface area contributed by atoms with Gasteiger partial charge in [-0.05, 0) is 95.8 Å². The first-order valence-electron chi connectivity index (χ1n) is 19.1. The van der Waals surface area contributed by atoms with Crippen molar-refractivity contribution in [3.05, 3.63) is 178 Å². The Morgan fingerprint density at radius 2 is 1.07 bits per heavy atom. The molecular formula is C50H43N3O4S. The quantitative estimate of drug-likeness (QED) is 0.0503. The highest BCUT2D eigenvalue weighted by Crippen LogP contribution is 2.32. The van der Waals surface area contributed by atoms with Gasteiger partial charge in [-0.15, -0.1) is 0 Å². The lowest BCUT2D eigenvalue weighted by Crippen LogP contribution is -2.08. The van der Waals surface area contributed by atoms with E-state index in [1.807, 2.05) is 42.5 Å². The Morgan fingerprint density at radius 1 is 0.569 bits per heavy atom. The van der Waals surface area contributed by atoms with Gasteiger partial charge in [-0.2, -0.15) is 0 Å². The molecule has 58 heavy (non-hydrogen) atoms. The van der Waals surface area contributed by atoms with E-state index in [2.05, 4.69) is 143 Å². The summed E-state index contributed by atoms with van der Waals surface area (Å²) in [5.41, 5.74) is 10.9. The molecule has 7 nitrogen and oxygen atoms in total. The number of carbonyl (C=O) groups excluding carboxylic acids is 2. The summed E-state index contributed by atoms with van der Waals surface area (Å²) < 4.78 is 2.33. The van der Waals surface area contributed by atoms with Gasteiger partial charge in [0.2, 0.25) is 0 Å². The molecule has 0 aliphatic rings. The fourth-order valence-corrected chi connectivity index (χ4v) is 7.49. The van der Waals surface area contributed by atoms with Gasteiger partial charge in [0.15, 0.2) is 0 Å². The van der Waals surface area contributed by atoms with Crippen molar-refractivity contribution in [1.29, 1.82) is 0 Å². The molecule has 0 bridgehead atoms. The van der Waals surface area contributed by atoms with Crippen molar-refractivity contribution in [3.8, 4) is 0 Å². The van der Waals surface area contributed by atoms with Crippen LogP contribution in [0.4, 0.5) is 0 Å². The molecule has 0 amide bonds. The van der Waals surface area contributed by atoms with Crippen LogP contribution in [-0.2, 0) is 32.2 Å². The van der Waals surface area contributed by atoms with E-state index in [0.717, 1.165) is 71.6 Å². The maximum atomic E-state index is 11.9. The third-order valence-electron chi connectivity index (χ3n) is 9.61. The van der Waals surface area contributed by atoms with Crippen LogP contribution in [0.1, 0.15) is 66.6 Å². The van der Waals surface area contributed by atoms with Crippen LogP contribution in [0.25, 0.3) is 46.1 Å². The minimum atomic E-state index is -0.461. The maximum Gasteiger partial charge on any atom is 0.331 e. The normalized spacial score (nSPS) is 12.2. The summed E-state index contributed by atoms with van der Waals surface area (Å²) in [6, 6.07) is 48.0. The van der Waals surface area contributed by atoms with Crippen LogP contribution in [0, 0.1) is 0 Å². The zero-order valence-electron chi connectivity index (χ0n) is 32.9. The lowest BCUT2D eigenvalue weighted by Gasteiger charge is -2.09. The van der Waals surface area contributed by atoms with E-state index in [9.17, 15) is 9.59 Å². The summed E-state index contributed by atoms with van der Waals surface area (Å²) in [5.74, 6) is -0.904. The molecule has 6 aromatic carbocycles. The summed E-state index contributed by atoms with van der Waals surface area (Å²) in [4.78, 5) is 35.2. The average molecular weight is 782 g/mol. The van der Waals surface area contributed by atoms with E-state index in [4.69, 9.17) is 9.68 Å². The maximum absolute atomic E-state index is 11.9. The molecule has 0 saturated heterocycles. The van der Waals surface area contributed by atoms with Gasteiger partial charge in [-0.3, -0.25) is 0 Å². The Bertz CT molecular complexity index is 2690. The van der Waals surface area contributed by atoms with E-state index in [0.29, 0.717) is 17.8 Å². The molecule has 0 aliphatic carbocycles. The number of hydrogen-bond donors (Lipinski definition) is 0. The van der Waals surface area contributed by atoms with Gasteiger partial charge in [0.05, 0.1) is 11.4 Å². The van der Waals surface area contributed by atoms with Gasteiger partial charge < -0.3 is 14.2 Å². The lowest BCUT2D eigenvalue weighted by atomic mass is 9.99. The fourth-order valence-electron chi connectivity index (χ4n) is 6.67. The first kappa shape index (κ1) is 39.5. The van der Waals surface area contributed by atoms with E-state index < -0.39 is 11.9 Å². The van der Waals surface area contributed by atoms with E-state index >= 15 is 0 Å². The Balaban J connectivity index is 1.05. The number of aryl methyl sites for hydroxylation is 1. The van der Waals surface area contributed by atoms with Gasteiger partial charge in [-0.1, -0.05) is 137 Å². The van der Waals surface area contributed by atoms with Gasteiger partial charge >= 0.3 is 11.9 Å². The van der Waals surface area contributed by atoms with Crippen LogP contribution in [0.15, 0.2) is 160 Å². The third-order valence-corrected chi connectivity index (χ3v) is 10.6. The van der Waals surface area contributed by atoms with Crippen molar-refractivity contribution < 1.29 is 19.3 Å². The molecule has 0 atom stereocenters. The summed E-state index contributed by atoms with van der Waals surface area (Å²) in [7, 11) is 0. The molecule has 1 heterocycles. The number of benzene rings is 6. The Morgan fingerprint density at radius 3 is 1.69 bits per heavy atom. The molecule has 1 aromatic heterocycles. The van der Waals surface area contributed by atoms with E-state index in [-0.39, 0.29) is 0 Å². The van der Waals surface area contributed by atoms with Crippen LogP contribution in [-0.4, -0.2) is 27.9 Å². The Labute approximate surface area is 343 Å². The summed E-state index contributed by atoms with van der Waals surface area (Å²) >= 11 is 1.67. The van der Waals surface area contributed by atoms with E-state index in [1.54, 1.807) is 18.7 Å². The number of rotatable bonds is 13. The van der Waals surface area contributed by atoms with Gasteiger partial charge in [-0.25, -0.2) is 9.59 Å². The molecule has 8 heteroatoms. The molecule has 0 radical (unpaired) electrons. The number of carbonyl (C=O) groups is 2. The molecule has 0 saturated carbocycles. The first-order chi connectivity index (χ1) is 28.2. The standard InChI is InChI=1S/C50H43N3O4S/c1-5-53-49-29-21-40(16-13-37-9-7-6-8-10-37)31-46(49)47-33-43(24-30-50(47)53)48(52-57-36(4)55)32-41-17-14-38(15-18-41)11-12-39-19-25-44(26-20-39)58-45-27-22-42(23-28-45)34(2)51-56-35(3)54/h6-31,33H,5,32H2,1-4H3/b12-11+,16-13+,51-34+,52-48+. The summed E-state index contributed by atoms with van der Waals surface area (Å²) in [6.45, 7) is 7.50. The second-order valence-electron chi connectivity index (χ2n) is 13.8. The molecular weight excluding hydrogens is 739 g/mol. The largest absolute Gasteiger partial charge is 0.341 e. The molecule has 0 fully saturated rings. The van der Waals surface area contributed by atoms with Crippen molar-refractivity contribution in [2.45, 2.75) is 50.5 Å². The molecule has 0 unspecified atom stereocenters. The minimum Gasteiger partial charge on any atom is -0.341 e. The molecule has 7 rings (SSSR count). The van der Waals surface area contributed by atoms with Gasteiger partial charge in [0, 0.05) is 64.0 Å². The van der Waals surface area contributed by atoms with Crippen molar-refractivity contribution in [1.82, 2.24) is 4.57 Å². The van der Waals surface area contributed by atoms with Crippen LogP contribution in [0.2, 0.25) is 0 Å². The highest BCUT2D eigenvalue weighted by atomic mass is 32.2. The Hall–Kier alpha value is -6.77. The van der Waals surface area contributed by atoms with Crippen LogP contribution < -0.4 is 0 Å². The minimum absolute atomic E-state index is 0.443. The summed E-state index contributed by atoms with van der Waals surface area (Å²) in [6.07, 6.45) is 8.96. The number of oxime groups is 2. The fraction of sp³-hybridized carbons (Fsp3) is 0.120. The predicted molar refractivity (Wildman–Crippen MR) is 239 cm³/mol. The number of nitrogens with zero attached hydrogens (tertiary/aromatic N) is 3. The van der Waals surface area contributed by atoms with Gasteiger partial charge in [0.25, 0.3) is 0 Å². The number of aromatic nitrogens is 1. The van der Waals surface area contributed by atoms with Crippen molar-refractivity contribution in [2.24, 2.45) is 10.3 Å². The zero-order chi connectivity index (χ0) is 40.4. The topological polar surface area (TPSA) is 82.2 Å². The van der Waals surface area contributed by atoms with Crippen LogP contribution in [0.3, 0.4) is 0 Å². The highest BCUT2D eigenvalue weighted by molar-refractivity contribution is 7.99. The smallest absolute Gasteiger partial charge is 0.331 e. The van der Waals surface area contributed by atoms with Crippen molar-refractivity contribution >= 4 is 81.2 Å². The number of fused-ring (bicyclic) bond motifs is 3. The number of hydrogen-bond acceptors (Lipinski definition) is 7. The Kier molecular flexibility index (Phi) is 12.6. The van der Waals surface area contributed by atoms with Gasteiger partial charge in [0.1, 0.15) is 0 Å². The first-order valence-corrected chi connectivity index (χ1v) is 20.0. The third kappa shape index (κ3) is 9.96. The SMILES string of the molecule is CCn1c2ccc(/C=C/c3ccccc3)cc2c2cc(/C(Cc3ccc(/C=C/c4ccc(Sc5ccc(/C(C)=N/OC(C)=O)cc5)cc4)cc3)=N/OC(C)=O)ccc21. The molecule has 0 N–H and O–H groups in total. The molecule has 7 aromatic rings. The van der Waals surface area contributed by atoms with E-state index in [1.165, 1.54) is 19.4 Å². The molecule has 0 aliphatic heterocycles. The monoisotopic (exact) mass is 781 g/mol. The van der Waals surface area contributed by atoms with Crippen molar-refractivity contribution in [2.75, 3.05) is 0 Å². The summed E-state index contributed by atoms with van der Waals surface area (Å²) in [5, 5.41) is 10.5. The predicted octanol–water partition coefficient (Wildman–Crippen LogP) is 12.1. The second-order valence-corrected chi connectivity index (χ2v) is 15.0. The van der Waals surface area contributed by atoms with Crippen LogP contribution in [0.5, 0.6) is 0 Å².